The average molecular weight is 493 g/mol. The largest absolute Gasteiger partial charge is 0.460 e. The first kappa shape index (κ1) is 24.7. The number of ether oxygens (including phenoxy) is 2. The number of aromatic nitrogens is 1. The van der Waals surface area contributed by atoms with Crippen molar-refractivity contribution in [1.82, 2.24) is 4.98 Å². The van der Waals surface area contributed by atoms with Crippen LogP contribution >= 0.6 is 11.6 Å². The Morgan fingerprint density at radius 2 is 1.66 bits per heavy atom. The predicted octanol–water partition coefficient (Wildman–Crippen LogP) is 6.76. The fourth-order valence-electron chi connectivity index (χ4n) is 4.33. The molecule has 1 aromatic heterocycles. The molecule has 1 aliphatic carbocycles. The van der Waals surface area contributed by atoms with Gasteiger partial charge in [0.25, 0.3) is 0 Å². The molecule has 35 heavy (non-hydrogen) atoms. The number of aryl methyl sites for hydroxylation is 1. The Hall–Kier alpha value is -3.38. The molecule has 0 saturated carbocycles. The fourth-order valence-corrected chi connectivity index (χ4v) is 4.51. The topological polar surface area (TPSA) is 77.5 Å². The SMILES string of the molecule is CC(C)(C)OC(=O)CCCc1cc(Cl)cnc1NC(=O)OCC1c2ccccc2-c2ccccc21. The van der Waals surface area contributed by atoms with E-state index in [2.05, 4.69) is 34.6 Å². The summed E-state index contributed by atoms with van der Waals surface area (Å²) in [5.41, 5.74) is 4.84. The molecule has 1 N–H and O–H groups in total. The molecule has 0 saturated heterocycles. The maximum absolute atomic E-state index is 12.7. The third-order valence-electron chi connectivity index (χ3n) is 5.74. The zero-order valence-electron chi connectivity index (χ0n) is 20.1. The summed E-state index contributed by atoms with van der Waals surface area (Å²) in [6.07, 6.45) is 2.18. The Morgan fingerprint density at radius 3 is 2.29 bits per heavy atom. The van der Waals surface area contributed by atoms with Gasteiger partial charge in [-0.15, -0.1) is 0 Å². The summed E-state index contributed by atoms with van der Waals surface area (Å²) in [5, 5.41) is 3.19. The highest BCUT2D eigenvalue weighted by Gasteiger charge is 2.29. The van der Waals surface area contributed by atoms with E-state index in [0.29, 0.717) is 23.7 Å². The van der Waals surface area contributed by atoms with Gasteiger partial charge < -0.3 is 9.47 Å². The van der Waals surface area contributed by atoms with E-state index in [9.17, 15) is 9.59 Å². The second-order valence-electron chi connectivity index (χ2n) is 9.55. The summed E-state index contributed by atoms with van der Waals surface area (Å²) in [7, 11) is 0. The summed E-state index contributed by atoms with van der Waals surface area (Å²) in [5.74, 6) is 0.0777. The van der Waals surface area contributed by atoms with E-state index in [1.165, 1.54) is 17.3 Å². The zero-order valence-corrected chi connectivity index (χ0v) is 20.9. The highest BCUT2D eigenvalue weighted by Crippen LogP contribution is 2.44. The number of hydrogen-bond donors (Lipinski definition) is 1. The zero-order chi connectivity index (χ0) is 25.0. The minimum atomic E-state index is -0.588. The van der Waals surface area contributed by atoms with Crippen LogP contribution in [-0.4, -0.2) is 29.3 Å². The molecule has 2 aromatic carbocycles. The second-order valence-corrected chi connectivity index (χ2v) is 9.99. The van der Waals surface area contributed by atoms with Crippen molar-refractivity contribution in [2.24, 2.45) is 0 Å². The van der Waals surface area contributed by atoms with E-state index in [-0.39, 0.29) is 24.9 Å². The molecule has 0 spiro atoms. The third kappa shape index (κ3) is 6.20. The van der Waals surface area contributed by atoms with Crippen molar-refractivity contribution in [1.29, 1.82) is 0 Å². The molecule has 0 atom stereocenters. The number of carbonyl (C=O) groups excluding carboxylic acids is 2. The van der Waals surface area contributed by atoms with Crippen LogP contribution in [-0.2, 0) is 20.7 Å². The molecule has 1 amide bonds. The summed E-state index contributed by atoms with van der Waals surface area (Å²) >= 11 is 6.13. The molecule has 0 aliphatic heterocycles. The summed E-state index contributed by atoms with van der Waals surface area (Å²) in [6.45, 7) is 5.72. The number of anilines is 1. The number of benzene rings is 2. The van der Waals surface area contributed by atoms with Crippen LogP contribution in [0.3, 0.4) is 0 Å². The van der Waals surface area contributed by atoms with Gasteiger partial charge in [0, 0.05) is 18.5 Å². The molecular formula is C28H29ClN2O4. The lowest BCUT2D eigenvalue weighted by Gasteiger charge is -2.19. The van der Waals surface area contributed by atoms with Gasteiger partial charge in [0.05, 0.1) is 5.02 Å². The maximum atomic E-state index is 12.7. The molecule has 6 nitrogen and oxygen atoms in total. The number of pyridine rings is 1. The van der Waals surface area contributed by atoms with Crippen molar-refractivity contribution >= 4 is 29.5 Å². The summed E-state index contributed by atoms with van der Waals surface area (Å²) in [6, 6.07) is 18.1. The van der Waals surface area contributed by atoms with Crippen LogP contribution in [0.2, 0.25) is 5.02 Å². The number of nitrogens with one attached hydrogen (secondary N) is 1. The quantitative estimate of drug-likeness (QED) is 0.368. The van der Waals surface area contributed by atoms with Crippen molar-refractivity contribution in [3.8, 4) is 11.1 Å². The number of amides is 1. The molecule has 1 heterocycles. The lowest BCUT2D eigenvalue weighted by molar-refractivity contribution is -0.154. The summed E-state index contributed by atoms with van der Waals surface area (Å²) in [4.78, 5) is 29.0. The van der Waals surface area contributed by atoms with Gasteiger partial charge in [0.2, 0.25) is 0 Å². The predicted molar refractivity (Wildman–Crippen MR) is 137 cm³/mol. The van der Waals surface area contributed by atoms with Crippen LogP contribution in [0.1, 0.15) is 56.2 Å². The highest BCUT2D eigenvalue weighted by atomic mass is 35.5. The Labute approximate surface area is 210 Å². The van der Waals surface area contributed by atoms with Gasteiger partial charge >= 0.3 is 12.1 Å². The van der Waals surface area contributed by atoms with Crippen LogP contribution in [0, 0.1) is 0 Å². The van der Waals surface area contributed by atoms with Crippen LogP contribution in [0.4, 0.5) is 10.6 Å². The van der Waals surface area contributed by atoms with Crippen LogP contribution in [0.5, 0.6) is 0 Å². The molecule has 1 aliphatic rings. The molecule has 0 radical (unpaired) electrons. The maximum Gasteiger partial charge on any atom is 0.412 e. The number of rotatable bonds is 7. The van der Waals surface area contributed by atoms with Crippen LogP contribution in [0.15, 0.2) is 60.8 Å². The number of halogens is 1. The normalized spacial score (nSPS) is 12.6. The van der Waals surface area contributed by atoms with Crippen molar-refractivity contribution in [3.63, 3.8) is 0 Å². The third-order valence-corrected chi connectivity index (χ3v) is 5.95. The molecular weight excluding hydrogens is 464 g/mol. The number of carbonyl (C=O) groups is 2. The first-order valence-corrected chi connectivity index (χ1v) is 12.1. The monoisotopic (exact) mass is 492 g/mol. The van der Waals surface area contributed by atoms with Crippen molar-refractivity contribution in [2.75, 3.05) is 11.9 Å². The van der Waals surface area contributed by atoms with Crippen LogP contribution < -0.4 is 5.32 Å². The van der Waals surface area contributed by atoms with Crippen LogP contribution in [0.25, 0.3) is 11.1 Å². The number of fused-ring (bicyclic) bond motifs is 3. The van der Waals surface area contributed by atoms with Gasteiger partial charge in [0.1, 0.15) is 18.0 Å². The van der Waals surface area contributed by atoms with E-state index in [1.54, 1.807) is 6.07 Å². The van der Waals surface area contributed by atoms with E-state index in [4.69, 9.17) is 21.1 Å². The minimum absolute atomic E-state index is 0.0281. The van der Waals surface area contributed by atoms with Crippen molar-refractivity contribution in [2.45, 2.75) is 51.6 Å². The molecule has 0 unspecified atom stereocenters. The van der Waals surface area contributed by atoms with Gasteiger partial charge in [-0.3, -0.25) is 10.1 Å². The van der Waals surface area contributed by atoms with E-state index >= 15 is 0 Å². The smallest absolute Gasteiger partial charge is 0.412 e. The van der Waals surface area contributed by atoms with Crippen molar-refractivity contribution in [3.05, 3.63) is 82.5 Å². The van der Waals surface area contributed by atoms with Gasteiger partial charge in [-0.2, -0.15) is 0 Å². The van der Waals surface area contributed by atoms with Gasteiger partial charge in [-0.05, 0) is 67.5 Å². The lowest BCUT2D eigenvalue weighted by atomic mass is 9.98. The number of nitrogens with zero attached hydrogens (tertiary/aromatic N) is 1. The average Bonchev–Trinajstić information content (AvgIpc) is 3.12. The number of hydrogen-bond acceptors (Lipinski definition) is 5. The number of esters is 1. The molecule has 3 aromatic rings. The Balaban J connectivity index is 1.38. The van der Waals surface area contributed by atoms with E-state index < -0.39 is 11.7 Å². The minimum Gasteiger partial charge on any atom is -0.460 e. The molecule has 7 heteroatoms. The first-order chi connectivity index (χ1) is 16.7. The van der Waals surface area contributed by atoms with Crippen molar-refractivity contribution < 1.29 is 19.1 Å². The standard InChI is InChI=1S/C28H29ClN2O4/c1-28(2,3)35-25(32)14-8-9-18-15-19(29)16-30-26(18)31-27(33)34-17-24-22-12-6-4-10-20(22)21-11-5-7-13-23(21)24/h4-7,10-13,15-16,24H,8-9,14,17H2,1-3H3,(H,30,31,33). The Morgan fingerprint density at radius 1 is 1.03 bits per heavy atom. The summed E-state index contributed by atoms with van der Waals surface area (Å²) < 4.78 is 11.0. The lowest BCUT2D eigenvalue weighted by Crippen LogP contribution is -2.23. The van der Waals surface area contributed by atoms with Gasteiger partial charge in [0.15, 0.2) is 0 Å². The molecule has 0 fully saturated rings. The van der Waals surface area contributed by atoms with Gasteiger partial charge in [-0.25, -0.2) is 9.78 Å². The molecule has 4 rings (SSSR count). The Bertz CT molecular complexity index is 1190. The fraction of sp³-hybridized carbons (Fsp3) is 0.321. The Kier molecular flexibility index (Phi) is 7.41. The molecule has 0 bridgehead atoms. The first-order valence-electron chi connectivity index (χ1n) is 11.7. The van der Waals surface area contributed by atoms with Gasteiger partial charge in [-0.1, -0.05) is 60.1 Å². The van der Waals surface area contributed by atoms with E-state index in [1.807, 2.05) is 45.0 Å². The van der Waals surface area contributed by atoms with E-state index in [0.717, 1.165) is 16.7 Å². The highest BCUT2D eigenvalue weighted by molar-refractivity contribution is 6.30. The molecule has 182 valence electrons. The second kappa shape index (κ2) is 10.5.